The normalized spacial score (nSPS) is 14.7. The van der Waals surface area contributed by atoms with Crippen molar-refractivity contribution in [2.24, 2.45) is 0 Å². The first kappa shape index (κ1) is 22.6. The van der Waals surface area contributed by atoms with E-state index in [-0.39, 0.29) is 5.91 Å². The first-order chi connectivity index (χ1) is 17.2. The lowest BCUT2D eigenvalue weighted by molar-refractivity contribution is -0.118. The van der Waals surface area contributed by atoms with Crippen LogP contribution in [0.25, 0.3) is 11.1 Å². The molecule has 4 aromatic rings. The van der Waals surface area contributed by atoms with Crippen molar-refractivity contribution in [2.45, 2.75) is 30.8 Å². The molecule has 1 amide bonds. The van der Waals surface area contributed by atoms with Gasteiger partial charge in [0, 0.05) is 36.5 Å². The Morgan fingerprint density at radius 2 is 1.71 bits per heavy atom. The second-order valence-electron chi connectivity index (χ2n) is 8.55. The molecule has 0 bridgehead atoms. The number of nitrogens with one attached hydrogen (secondary N) is 2. The predicted molar refractivity (Wildman–Crippen MR) is 133 cm³/mol. The van der Waals surface area contributed by atoms with Crippen LogP contribution < -0.4 is 15.4 Å². The number of amides is 1. The van der Waals surface area contributed by atoms with Gasteiger partial charge in [0.15, 0.2) is 0 Å². The molecule has 8 nitrogen and oxygen atoms in total. The highest BCUT2D eigenvalue weighted by Gasteiger charge is 2.49. The SMILES string of the molecule is COc1ncc(-c2ccncc2)cc1NC(=O)C(Cc1ccccc1)NC1(c2ncccn2)CC1. The number of anilines is 1. The summed E-state index contributed by atoms with van der Waals surface area (Å²) in [5, 5.41) is 6.61. The molecule has 0 radical (unpaired) electrons. The van der Waals surface area contributed by atoms with Crippen molar-refractivity contribution in [3.63, 3.8) is 0 Å². The maximum Gasteiger partial charge on any atom is 0.242 e. The van der Waals surface area contributed by atoms with Crippen molar-refractivity contribution in [2.75, 3.05) is 12.4 Å². The van der Waals surface area contributed by atoms with Crippen molar-refractivity contribution < 1.29 is 9.53 Å². The highest BCUT2D eigenvalue weighted by molar-refractivity contribution is 5.96. The number of methoxy groups -OCH3 is 1. The third-order valence-corrected chi connectivity index (χ3v) is 6.11. The van der Waals surface area contributed by atoms with E-state index in [4.69, 9.17) is 4.74 Å². The minimum Gasteiger partial charge on any atom is -0.480 e. The first-order valence-corrected chi connectivity index (χ1v) is 11.5. The highest BCUT2D eigenvalue weighted by atomic mass is 16.5. The number of hydrogen-bond donors (Lipinski definition) is 2. The molecule has 1 atom stereocenters. The van der Waals surface area contributed by atoms with E-state index in [0.717, 1.165) is 29.5 Å². The van der Waals surface area contributed by atoms with Crippen molar-refractivity contribution in [1.82, 2.24) is 25.3 Å². The van der Waals surface area contributed by atoms with Crippen LogP contribution in [-0.2, 0) is 16.8 Å². The number of carbonyl (C=O) groups is 1. The van der Waals surface area contributed by atoms with Crippen LogP contribution in [0.4, 0.5) is 5.69 Å². The average molecular weight is 467 g/mol. The summed E-state index contributed by atoms with van der Waals surface area (Å²) in [7, 11) is 1.54. The van der Waals surface area contributed by atoms with Gasteiger partial charge in [0.25, 0.3) is 0 Å². The van der Waals surface area contributed by atoms with Gasteiger partial charge >= 0.3 is 0 Å². The number of rotatable bonds is 9. The number of ether oxygens (including phenoxy) is 1. The minimum absolute atomic E-state index is 0.178. The summed E-state index contributed by atoms with van der Waals surface area (Å²) in [5.41, 5.74) is 2.96. The molecular weight excluding hydrogens is 440 g/mol. The van der Waals surface area contributed by atoms with Gasteiger partial charge in [-0.25, -0.2) is 15.0 Å². The van der Waals surface area contributed by atoms with Gasteiger partial charge in [-0.15, -0.1) is 0 Å². The number of carbonyl (C=O) groups excluding carboxylic acids is 1. The summed E-state index contributed by atoms with van der Waals surface area (Å²) >= 11 is 0. The molecule has 1 saturated carbocycles. The second kappa shape index (κ2) is 9.99. The summed E-state index contributed by atoms with van der Waals surface area (Å²) in [5.74, 6) is 0.884. The van der Waals surface area contributed by atoms with Crippen LogP contribution in [0.2, 0.25) is 0 Å². The zero-order valence-corrected chi connectivity index (χ0v) is 19.4. The van der Waals surface area contributed by atoms with E-state index in [0.29, 0.717) is 23.8 Å². The number of nitrogens with zero attached hydrogens (tertiary/aromatic N) is 4. The maximum atomic E-state index is 13.7. The molecule has 1 fully saturated rings. The standard InChI is InChI=1S/C27H26N6O2/c1-35-25-23(17-21(18-31-25)20-8-14-28-15-9-20)32-24(34)22(16-19-6-3-2-4-7-19)33-27(10-11-27)26-29-12-5-13-30-26/h2-9,12-15,17-18,22,33H,10-11,16H2,1H3,(H,32,34). The van der Waals surface area contributed by atoms with Gasteiger partial charge in [0.2, 0.25) is 11.8 Å². The third kappa shape index (κ3) is 5.17. The van der Waals surface area contributed by atoms with Gasteiger partial charge in [-0.1, -0.05) is 30.3 Å². The predicted octanol–water partition coefficient (Wildman–Crippen LogP) is 3.77. The Balaban J connectivity index is 1.43. The second-order valence-corrected chi connectivity index (χ2v) is 8.55. The monoisotopic (exact) mass is 466 g/mol. The quantitative estimate of drug-likeness (QED) is 0.387. The summed E-state index contributed by atoms with van der Waals surface area (Å²) in [6.07, 6.45) is 10.9. The lowest BCUT2D eigenvalue weighted by atomic mass is 10.0. The van der Waals surface area contributed by atoms with Crippen molar-refractivity contribution >= 4 is 11.6 Å². The zero-order valence-electron chi connectivity index (χ0n) is 19.4. The molecule has 1 aromatic carbocycles. The minimum atomic E-state index is -0.516. The molecule has 0 spiro atoms. The van der Waals surface area contributed by atoms with Crippen molar-refractivity contribution in [1.29, 1.82) is 0 Å². The fourth-order valence-corrected chi connectivity index (χ4v) is 4.12. The van der Waals surface area contributed by atoms with E-state index in [9.17, 15) is 4.79 Å². The Morgan fingerprint density at radius 3 is 2.40 bits per heavy atom. The van der Waals surface area contributed by atoms with Gasteiger partial charge in [0.05, 0.1) is 18.7 Å². The lowest BCUT2D eigenvalue weighted by Crippen LogP contribution is -2.48. The molecule has 1 aliphatic rings. The smallest absolute Gasteiger partial charge is 0.242 e. The molecule has 176 valence electrons. The van der Waals surface area contributed by atoms with E-state index < -0.39 is 11.6 Å². The van der Waals surface area contributed by atoms with Gasteiger partial charge in [-0.2, -0.15) is 0 Å². The fraction of sp³-hybridized carbons (Fsp3) is 0.222. The molecule has 3 aromatic heterocycles. The van der Waals surface area contributed by atoms with Crippen LogP contribution in [0.1, 0.15) is 24.2 Å². The van der Waals surface area contributed by atoms with E-state index in [1.807, 2.05) is 48.5 Å². The number of pyridine rings is 2. The number of hydrogen-bond acceptors (Lipinski definition) is 7. The van der Waals surface area contributed by atoms with Crippen LogP contribution in [-0.4, -0.2) is 39.0 Å². The summed E-state index contributed by atoms with van der Waals surface area (Å²) in [6, 6.07) is 16.9. The Hall–Kier alpha value is -4.17. The molecule has 3 heterocycles. The molecule has 8 heteroatoms. The van der Waals surface area contributed by atoms with E-state index in [1.54, 1.807) is 37.1 Å². The van der Waals surface area contributed by atoms with E-state index >= 15 is 0 Å². The summed E-state index contributed by atoms with van der Waals surface area (Å²) in [6.45, 7) is 0. The van der Waals surface area contributed by atoms with Crippen molar-refractivity contribution in [3.8, 4) is 17.0 Å². The van der Waals surface area contributed by atoms with Gasteiger partial charge in [0.1, 0.15) is 11.5 Å². The topological polar surface area (TPSA) is 102 Å². The Bertz CT molecular complexity index is 1280. The van der Waals surface area contributed by atoms with Crippen LogP contribution in [0.15, 0.2) is 85.6 Å². The molecule has 0 saturated heterocycles. The Kier molecular flexibility index (Phi) is 6.45. The van der Waals surface area contributed by atoms with Crippen LogP contribution in [0.3, 0.4) is 0 Å². The van der Waals surface area contributed by atoms with Crippen molar-refractivity contribution in [3.05, 3.63) is 97.0 Å². The van der Waals surface area contributed by atoms with Gasteiger partial charge in [-0.3, -0.25) is 15.1 Å². The first-order valence-electron chi connectivity index (χ1n) is 11.5. The van der Waals surface area contributed by atoms with Crippen LogP contribution in [0, 0.1) is 0 Å². The number of benzene rings is 1. The van der Waals surface area contributed by atoms with Gasteiger partial charge in [-0.05, 0) is 54.7 Å². The molecule has 0 aliphatic heterocycles. The average Bonchev–Trinajstić information content (AvgIpc) is 3.70. The van der Waals surface area contributed by atoms with E-state index in [2.05, 4.69) is 30.6 Å². The molecule has 1 unspecified atom stereocenters. The third-order valence-electron chi connectivity index (χ3n) is 6.11. The number of aromatic nitrogens is 4. The van der Waals surface area contributed by atoms with Crippen LogP contribution >= 0.6 is 0 Å². The largest absolute Gasteiger partial charge is 0.480 e. The Morgan fingerprint density at radius 1 is 0.971 bits per heavy atom. The van der Waals surface area contributed by atoms with E-state index in [1.165, 1.54) is 7.11 Å². The molecule has 2 N–H and O–H groups in total. The molecular formula is C27H26N6O2. The van der Waals surface area contributed by atoms with Crippen LogP contribution in [0.5, 0.6) is 5.88 Å². The zero-order chi connectivity index (χ0) is 24.1. The summed E-state index contributed by atoms with van der Waals surface area (Å²) < 4.78 is 5.44. The fourth-order valence-electron chi connectivity index (χ4n) is 4.12. The maximum absolute atomic E-state index is 13.7. The molecule has 5 rings (SSSR count). The van der Waals surface area contributed by atoms with Gasteiger partial charge < -0.3 is 10.1 Å². The lowest BCUT2D eigenvalue weighted by Gasteiger charge is -2.25. The molecule has 1 aliphatic carbocycles. The Labute approximate surface area is 203 Å². The highest BCUT2D eigenvalue weighted by Crippen LogP contribution is 2.44. The summed E-state index contributed by atoms with van der Waals surface area (Å²) in [4.78, 5) is 31.0. The molecule has 35 heavy (non-hydrogen) atoms.